The molecule has 3 heteroatoms. The van der Waals surface area contributed by atoms with Crippen molar-refractivity contribution in [3.63, 3.8) is 0 Å². The third kappa shape index (κ3) is 2.74. The number of carbonyl (C=O) groups is 1. The van der Waals surface area contributed by atoms with Gasteiger partial charge >= 0.3 is 0 Å². The molecule has 0 aliphatic heterocycles. The van der Waals surface area contributed by atoms with E-state index in [1.807, 2.05) is 42.5 Å². The van der Waals surface area contributed by atoms with E-state index in [2.05, 4.69) is 0 Å². The summed E-state index contributed by atoms with van der Waals surface area (Å²) in [4.78, 5) is 12.2. The Kier molecular flexibility index (Phi) is 3.94. The van der Waals surface area contributed by atoms with Gasteiger partial charge in [0.15, 0.2) is 5.78 Å². The lowest BCUT2D eigenvalue weighted by Gasteiger charge is -2.03. The summed E-state index contributed by atoms with van der Waals surface area (Å²) in [6, 6.07) is 18.6. The van der Waals surface area contributed by atoms with E-state index < -0.39 is 0 Å². The molecule has 22 heavy (non-hydrogen) atoms. The lowest BCUT2D eigenvalue weighted by molar-refractivity contribution is 0.104. The quantitative estimate of drug-likeness (QED) is 0.540. The molecule has 0 saturated carbocycles. The maximum Gasteiger partial charge on any atom is 0.189 e. The molecule has 0 heterocycles. The maximum atomic E-state index is 12.2. The van der Waals surface area contributed by atoms with Crippen molar-refractivity contribution in [1.29, 1.82) is 0 Å². The van der Waals surface area contributed by atoms with Crippen LogP contribution < -0.4 is 0 Å². The molecule has 1 N–H and O–H groups in total. The van der Waals surface area contributed by atoms with E-state index in [1.54, 1.807) is 24.3 Å². The highest BCUT2D eigenvalue weighted by Gasteiger charge is 2.10. The van der Waals surface area contributed by atoms with Crippen molar-refractivity contribution >= 4 is 34.2 Å². The fourth-order valence-electron chi connectivity index (χ4n) is 2.37. The van der Waals surface area contributed by atoms with Gasteiger partial charge in [-0.3, -0.25) is 4.79 Å². The highest BCUT2D eigenvalue weighted by Crippen LogP contribution is 2.28. The van der Waals surface area contributed by atoms with Crippen molar-refractivity contribution in [3.8, 4) is 5.75 Å². The first-order valence-corrected chi connectivity index (χ1v) is 7.22. The van der Waals surface area contributed by atoms with Crippen LogP contribution in [-0.4, -0.2) is 10.9 Å². The maximum absolute atomic E-state index is 12.2. The summed E-state index contributed by atoms with van der Waals surface area (Å²) in [7, 11) is 0. The average Bonchev–Trinajstić information content (AvgIpc) is 2.55. The molecule has 0 saturated heterocycles. The van der Waals surface area contributed by atoms with Crippen molar-refractivity contribution in [1.82, 2.24) is 0 Å². The van der Waals surface area contributed by atoms with E-state index in [0.29, 0.717) is 0 Å². The van der Waals surface area contributed by atoms with Gasteiger partial charge in [0.2, 0.25) is 0 Å². The summed E-state index contributed by atoms with van der Waals surface area (Å²) < 4.78 is 0. The molecular formula is C19H13ClO2. The SMILES string of the molecule is O=C(C=Cc1cccc2ccccc12)c1cccc(Cl)c1O. The first kappa shape index (κ1) is 14.4. The number of hydrogen-bond acceptors (Lipinski definition) is 2. The number of para-hydroxylation sites is 1. The predicted octanol–water partition coefficient (Wildman–Crippen LogP) is 5.09. The summed E-state index contributed by atoms with van der Waals surface area (Å²) in [5, 5.41) is 12.2. The average molecular weight is 309 g/mol. The Balaban J connectivity index is 1.96. The van der Waals surface area contributed by atoms with Gasteiger partial charge in [0.1, 0.15) is 5.75 Å². The lowest BCUT2D eigenvalue weighted by Crippen LogP contribution is -1.95. The van der Waals surface area contributed by atoms with E-state index in [9.17, 15) is 9.90 Å². The second kappa shape index (κ2) is 6.04. The van der Waals surface area contributed by atoms with E-state index in [-0.39, 0.29) is 22.1 Å². The molecular weight excluding hydrogens is 296 g/mol. The van der Waals surface area contributed by atoms with Crippen molar-refractivity contribution in [2.75, 3.05) is 0 Å². The first-order valence-electron chi connectivity index (χ1n) is 6.84. The molecule has 0 amide bonds. The molecule has 0 atom stereocenters. The number of phenolic OH excluding ortho intramolecular Hbond substituents is 1. The van der Waals surface area contributed by atoms with Crippen LogP contribution in [0.25, 0.3) is 16.8 Å². The monoisotopic (exact) mass is 308 g/mol. The summed E-state index contributed by atoms with van der Waals surface area (Å²) in [5.41, 5.74) is 1.15. The number of hydrogen-bond donors (Lipinski definition) is 1. The normalized spacial score (nSPS) is 11.1. The number of ketones is 1. The van der Waals surface area contributed by atoms with Crippen LogP contribution in [0.3, 0.4) is 0 Å². The van der Waals surface area contributed by atoms with Crippen LogP contribution in [-0.2, 0) is 0 Å². The minimum absolute atomic E-state index is 0.171. The molecule has 0 aromatic heterocycles. The second-order valence-corrected chi connectivity index (χ2v) is 5.31. The van der Waals surface area contributed by atoms with Gasteiger partial charge in [-0.15, -0.1) is 0 Å². The highest BCUT2D eigenvalue weighted by molar-refractivity contribution is 6.32. The van der Waals surface area contributed by atoms with Crippen LogP contribution in [0.4, 0.5) is 0 Å². The molecule has 0 aliphatic rings. The van der Waals surface area contributed by atoms with Crippen molar-refractivity contribution in [2.45, 2.75) is 0 Å². The Morgan fingerprint density at radius 2 is 1.68 bits per heavy atom. The fraction of sp³-hybridized carbons (Fsp3) is 0. The molecule has 0 bridgehead atoms. The number of rotatable bonds is 3. The zero-order valence-electron chi connectivity index (χ0n) is 11.7. The standard InChI is InChI=1S/C19H13ClO2/c20-17-10-4-9-16(19(17)22)18(21)12-11-14-7-3-6-13-5-1-2-8-15(13)14/h1-12,22H. The van der Waals surface area contributed by atoms with Crippen LogP contribution in [0, 0.1) is 0 Å². The van der Waals surface area contributed by atoms with Gasteiger partial charge < -0.3 is 5.11 Å². The zero-order valence-corrected chi connectivity index (χ0v) is 12.4. The van der Waals surface area contributed by atoms with Gasteiger partial charge in [0.05, 0.1) is 10.6 Å². The van der Waals surface area contributed by atoms with E-state index >= 15 is 0 Å². The van der Waals surface area contributed by atoms with Crippen LogP contribution in [0.5, 0.6) is 5.75 Å². The Labute approximate surface area is 133 Å². The Bertz CT molecular complexity index is 876. The second-order valence-electron chi connectivity index (χ2n) is 4.90. The number of allylic oxidation sites excluding steroid dienone is 1. The molecule has 0 unspecified atom stereocenters. The number of fused-ring (bicyclic) bond motifs is 1. The van der Waals surface area contributed by atoms with Crippen LogP contribution in [0.15, 0.2) is 66.7 Å². The topological polar surface area (TPSA) is 37.3 Å². The molecule has 0 radical (unpaired) electrons. The summed E-state index contributed by atoms with van der Waals surface area (Å²) in [6.07, 6.45) is 3.21. The van der Waals surface area contributed by atoms with E-state index in [0.717, 1.165) is 16.3 Å². The lowest BCUT2D eigenvalue weighted by atomic mass is 10.0. The third-order valence-corrected chi connectivity index (χ3v) is 3.79. The molecule has 0 spiro atoms. The number of halogens is 1. The molecule has 0 fully saturated rings. The van der Waals surface area contributed by atoms with Crippen molar-refractivity contribution < 1.29 is 9.90 Å². The molecule has 3 aromatic carbocycles. The predicted molar refractivity (Wildman–Crippen MR) is 90.4 cm³/mol. The number of aromatic hydroxyl groups is 1. The fourth-order valence-corrected chi connectivity index (χ4v) is 2.54. The van der Waals surface area contributed by atoms with Gasteiger partial charge in [-0.2, -0.15) is 0 Å². The van der Waals surface area contributed by atoms with Crippen LogP contribution in [0.2, 0.25) is 5.02 Å². The number of benzene rings is 3. The van der Waals surface area contributed by atoms with Gasteiger partial charge in [-0.05, 0) is 34.5 Å². The van der Waals surface area contributed by atoms with Gasteiger partial charge in [0.25, 0.3) is 0 Å². The van der Waals surface area contributed by atoms with Crippen molar-refractivity contribution in [2.24, 2.45) is 0 Å². The number of phenols is 1. The smallest absolute Gasteiger partial charge is 0.189 e. The Hall–Kier alpha value is -2.58. The minimum atomic E-state index is -0.284. The van der Waals surface area contributed by atoms with Crippen molar-refractivity contribution in [3.05, 3.63) is 82.9 Å². The largest absolute Gasteiger partial charge is 0.506 e. The van der Waals surface area contributed by atoms with E-state index in [1.165, 1.54) is 6.08 Å². The molecule has 0 aliphatic carbocycles. The van der Waals surface area contributed by atoms with Gasteiger partial charge in [-0.25, -0.2) is 0 Å². The molecule has 3 aromatic rings. The Morgan fingerprint density at radius 1 is 0.955 bits per heavy atom. The molecule has 3 rings (SSSR count). The zero-order chi connectivity index (χ0) is 15.5. The summed E-state index contributed by atoms with van der Waals surface area (Å²) in [5.74, 6) is -0.468. The van der Waals surface area contributed by atoms with E-state index in [4.69, 9.17) is 11.6 Å². The molecule has 2 nitrogen and oxygen atoms in total. The minimum Gasteiger partial charge on any atom is -0.506 e. The highest BCUT2D eigenvalue weighted by atomic mass is 35.5. The Morgan fingerprint density at radius 3 is 2.55 bits per heavy atom. The third-order valence-electron chi connectivity index (χ3n) is 3.49. The summed E-state index contributed by atoms with van der Waals surface area (Å²) in [6.45, 7) is 0. The summed E-state index contributed by atoms with van der Waals surface area (Å²) >= 11 is 5.83. The van der Waals surface area contributed by atoms with Gasteiger partial charge in [-0.1, -0.05) is 66.2 Å². The molecule has 108 valence electrons. The number of carbonyl (C=O) groups excluding carboxylic acids is 1. The van der Waals surface area contributed by atoms with Crippen LogP contribution >= 0.6 is 11.6 Å². The van der Waals surface area contributed by atoms with Crippen LogP contribution in [0.1, 0.15) is 15.9 Å². The van der Waals surface area contributed by atoms with Gasteiger partial charge in [0, 0.05) is 0 Å². The first-order chi connectivity index (χ1) is 10.7.